The lowest BCUT2D eigenvalue weighted by Gasteiger charge is -2.13. The maximum Gasteiger partial charge on any atom is 0.159 e. The molecule has 0 radical (unpaired) electrons. The van der Waals surface area contributed by atoms with Crippen molar-refractivity contribution >= 4 is 11.6 Å². The van der Waals surface area contributed by atoms with Crippen LogP contribution in [-0.4, -0.2) is 4.98 Å². The fourth-order valence-corrected chi connectivity index (χ4v) is 1.86. The summed E-state index contributed by atoms with van der Waals surface area (Å²) in [5.74, 6) is -1.78. The predicted molar refractivity (Wildman–Crippen MR) is 66.2 cm³/mol. The molecule has 1 aromatic carbocycles. The summed E-state index contributed by atoms with van der Waals surface area (Å²) in [5, 5.41) is 0.510. The van der Waals surface area contributed by atoms with E-state index in [4.69, 9.17) is 17.3 Å². The Balaban J connectivity index is 2.19. The minimum absolute atomic E-state index is 0.437. The first kappa shape index (κ1) is 12.9. The number of pyridine rings is 1. The van der Waals surface area contributed by atoms with Crippen LogP contribution >= 0.6 is 11.6 Å². The minimum atomic E-state index is -0.899. The Morgan fingerprint density at radius 1 is 1.22 bits per heavy atom. The van der Waals surface area contributed by atoms with Gasteiger partial charge >= 0.3 is 0 Å². The van der Waals surface area contributed by atoms with Gasteiger partial charge in [0.05, 0.1) is 5.02 Å². The SMILES string of the molecule is NC(Cc1ccncc1Cl)c1ccc(F)c(F)c1. The normalized spacial score (nSPS) is 12.4. The van der Waals surface area contributed by atoms with Crippen LogP contribution in [0.25, 0.3) is 0 Å². The van der Waals surface area contributed by atoms with Crippen LogP contribution in [0, 0.1) is 11.6 Å². The van der Waals surface area contributed by atoms with Gasteiger partial charge < -0.3 is 5.73 Å². The zero-order chi connectivity index (χ0) is 13.1. The van der Waals surface area contributed by atoms with Gasteiger partial charge in [-0.2, -0.15) is 0 Å². The van der Waals surface area contributed by atoms with Gasteiger partial charge in [-0.15, -0.1) is 0 Å². The molecule has 0 amide bonds. The second kappa shape index (κ2) is 5.42. The molecule has 0 aliphatic carbocycles. The van der Waals surface area contributed by atoms with E-state index in [-0.39, 0.29) is 0 Å². The molecule has 0 saturated heterocycles. The first-order chi connectivity index (χ1) is 8.58. The van der Waals surface area contributed by atoms with Gasteiger partial charge in [-0.1, -0.05) is 17.7 Å². The lowest BCUT2D eigenvalue weighted by atomic mass is 10.0. The molecule has 1 atom stereocenters. The van der Waals surface area contributed by atoms with Gasteiger partial charge in [0.25, 0.3) is 0 Å². The highest BCUT2D eigenvalue weighted by atomic mass is 35.5. The smallest absolute Gasteiger partial charge is 0.159 e. The highest BCUT2D eigenvalue weighted by molar-refractivity contribution is 6.31. The topological polar surface area (TPSA) is 38.9 Å². The summed E-state index contributed by atoms with van der Waals surface area (Å²) in [6.07, 6.45) is 3.57. The Morgan fingerprint density at radius 2 is 2.00 bits per heavy atom. The number of rotatable bonds is 3. The number of halogens is 3. The largest absolute Gasteiger partial charge is 0.324 e. The number of nitrogens with two attached hydrogens (primary N) is 1. The van der Waals surface area contributed by atoms with Crippen molar-refractivity contribution in [1.82, 2.24) is 4.98 Å². The Hall–Kier alpha value is -1.52. The number of hydrogen-bond donors (Lipinski definition) is 1. The lowest BCUT2D eigenvalue weighted by Crippen LogP contribution is -2.14. The lowest BCUT2D eigenvalue weighted by molar-refractivity contribution is 0.505. The molecule has 2 N–H and O–H groups in total. The van der Waals surface area contributed by atoms with Crippen molar-refractivity contribution < 1.29 is 8.78 Å². The molecule has 5 heteroatoms. The summed E-state index contributed by atoms with van der Waals surface area (Å²) >= 11 is 5.96. The first-order valence-electron chi connectivity index (χ1n) is 5.37. The van der Waals surface area contributed by atoms with E-state index in [1.165, 1.54) is 12.3 Å². The summed E-state index contributed by atoms with van der Waals surface area (Å²) in [6.45, 7) is 0. The van der Waals surface area contributed by atoms with Crippen LogP contribution in [0.4, 0.5) is 8.78 Å². The van der Waals surface area contributed by atoms with Gasteiger partial charge in [-0.3, -0.25) is 4.98 Å². The van der Waals surface area contributed by atoms with E-state index < -0.39 is 17.7 Å². The third kappa shape index (κ3) is 2.83. The zero-order valence-electron chi connectivity index (χ0n) is 9.41. The molecule has 0 spiro atoms. The molecule has 18 heavy (non-hydrogen) atoms. The molecule has 0 fully saturated rings. The minimum Gasteiger partial charge on any atom is -0.324 e. The molecule has 0 bridgehead atoms. The molecule has 1 unspecified atom stereocenters. The van der Waals surface area contributed by atoms with Crippen LogP contribution < -0.4 is 5.73 Å². The Labute approximate surface area is 108 Å². The fraction of sp³-hybridized carbons (Fsp3) is 0.154. The van der Waals surface area contributed by atoms with Crippen LogP contribution in [0.5, 0.6) is 0 Å². The van der Waals surface area contributed by atoms with Crippen LogP contribution in [0.3, 0.4) is 0 Å². The number of hydrogen-bond acceptors (Lipinski definition) is 2. The molecular weight excluding hydrogens is 258 g/mol. The summed E-state index contributed by atoms with van der Waals surface area (Å²) in [7, 11) is 0. The first-order valence-corrected chi connectivity index (χ1v) is 5.74. The van der Waals surface area contributed by atoms with Gasteiger partial charge in [0.15, 0.2) is 11.6 Å². The van der Waals surface area contributed by atoms with Crippen LogP contribution in [0.15, 0.2) is 36.7 Å². The Morgan fingerprint density at radius 3 is 2.67 bits per heavy atom. The molecule has 94 valence electrons. The quantitative estimate of drug-likeness (QED) is 0.928. The standard InChI is InChI=1S/C13H11ClF2N2/c14-10-7-18-4-3-8(10)6-13(17)9-1-2-11(15)12(16)5-9/h1-5,7,13H,6,17H2. The van der Waals surface area contributed by atoms with E-state index in [0.29, 0.717) is 17.0 Å². The van der Waals surface area contributed by atoms with E-state index in [2.05, 4.69) is 4.98 Å². The van der Waals surface area contributed by atoms with E-state index in [9.17, 15) is 8.78 Å². The van der Waals surface area contributed by atoms with Crippen molar-refractivity contribution in [3.05, 3.63) is 64.4 Å². The second-order valence-electron chi connectivity index (χ2n) is 3.95. The van der Waals surface area contributed by atoms with Crippen molar-refractivity contribution in [3.8, 4) is 0 Å². The average Bonchev–Trinajstić information content (AvgIpc) is 2.35. The Bertz CT molecular complexity index is 560. The van der Waals surface area contributed by atoms with E-state index >= 15 is 0 Å². The summed E-state index contributed by atoms with van der Waals surface area (Å²) in [4.78, 5) is 3.87. The number of aromatic nitrogens is 1. The third-order valence-electron chi connectivity index (χ3n) is 2.67. The van der Waals surface area contributed by atoms with Gasteiger partial charge in [0, 0.05) is 18.4 Å². The van der Waals surface area contributed by atoms with Crippen molar-refractivity contribution in [1.29, 1.82) is 0 Å². The zero-order valence-corrected chi connectivity index (χ0v) is 10.2. The molecule has 0 saturated carbocycles. The van der Waals surface area contributed by atoms with Crippen LogP contribution in [-0.2, 0) is 6.42 Å². The molecule has 1 heterocycles. The number of nitrogens with zero attached hydrogens (tertiary/aromatic N) is 1. The highest BCUT2D eigenvalue weighted by Crippen LogP contribution is 2.22. The van der Waals surface area contributed by atoms with Crippen LogP contribution in [0.2, 0.25) is 5.02 Å². The van der Waals surface area contributed by atoms with Crippen LogP contribution in [0.1, 0.15) is 17.2 Å². The molecule has 0 aliphatic rings. The molecular formula is C13H11ClF2N2. The maximum absolute atomic E-state index is 13.1. The highest BCUT2D eigenvalue weighted by Gasteiger charge is 2.12. The van der Waals surface area contributed by atoms with Gasteiger partial charge in [-0.05, 0) is 35.7 Å². The molecule has 2 aromatic rings. The van der Waals surface area contributed by atoms with E-state index in [1.54, 1.807) is 12.3 Å². The molecule has 1 aromatic heterocycles. The summed E-state index contributed by atoms with van der Waals surface area (Å²) < 4.78 is 25.9. The monoisotopic (exact) mass is 268 g/mol. The molecule has 2 nitrogen and oxygen atoms in total. The average molecular weight is 269 g/mol. The van der Waals surface area contributed by atoms with Gasteiger partial charge in [0.2, 0.25) is 0 Å². The van der Waals surface area contributed by atoms with Crippen molar-refractivity contribution in [2.24, 2.45) is 5.73 Å². The number of benzene rings is 1. The molecule has 0 aliphatic heterocycles. The van der Waals surface area contributed by atoms with E-state index in [0.717, 1.165) is 17.7 Å². The maximum atomic E-state index is 13.1. The third-order valence-corrected chi connectivity index (χ3v) is 3.01. The van der Waals surface area contributed by atoms with Crippen molar-refractivity contribution in [3.63, 3.8) is 0 Å². The Kier molecular flexibility index (Phi) is 3.89. The van der Waals surface area contributed by atoms with Crippen molar-refractivity contribution in [2.45, 2.75) is 12.5 Å². The molecule has 2 rings (SSSR count). The summed E-state index contributed by atoms with van der Waals surface area (Å²) in [6, 6.07) is 4.95. The summed E-state index contributed by atoms with van der Waals surface area (Å²) in [5.41, 5.74) is 7.30. The van der Waals surface area contributed by atoms with E-state index in [1.807, 2.05) is 0 Å². The predicted octanol–water partition coefficient (Wildman–Crippen LogP) is 3.26. The fourth-order valence-electron chi connectivity index (χ4n) is 1.67. The second-order valence-corrected chi connectivity index (χ2v) is 4.36. The van der Waals surface area contributed by atoms with Gasteiger partial charge in [-0.25, -0.2) is 8.78 Å². The van der Waals surface area contributed by atoms with Crippen molar-refractivity contribution in [2.75, 3.05) is 0 Å². The van der Waals surface area contributed by atoms with Gasteiger partial charge in [0.1, 0.15) is 0 Å².